The van der Waals surface area contributed by atoms with Gasteiger partial charge in [0, 0.05) is 19.0 Å². The standard InChI is InChI=1S/C18H22N2O.ClH/c1-14(19)12-18(21)20-11-10-15-6-5-9-17(13-15)16-7-3-2-4-8-16;/h2-9,13-14H,10-12,19H2,1H3,(H,20,21);1H. The SMILES string of the molecule is CC(N)CC(=O)NCCc1cccc(-c2ccccc2)c1.Cl. The summed E-state index contributed by atoms with van der Waals surface area (Å²) in [5, 5.41) is 2.90. The van der Waals surface area contributed by atoms with E-state index in [4.69, 9.17) is 5.73 Å². The summed E-state index contributed by atoms with van der Waals surface area (Å²) in [5.41, 5.74) is 9.23. The Hall–Kier alpha value is -1.84. The van der Waals surface area contributed by atoms with Gasteiger partial charge in [-0.05, 0) is 30.0 Å². The molecule has 3 nitrogen and oxygen atoms in total. The largest absolute Gasteiger partial charge is 0.356 e. The Balaban J connectivity index is 0.00000242. The van der Waals surface area contributed by atoms with E-state index in [0.29, 0.717) is 13.0 Å². The van der Waals surface area contributed by atoms with Crippen LogP contribution in [0.3, 0.4) is 0 Å². The predicted molar refractivity (Wildman–Crippen MR) is 94.1 cm³/mol. The summed E-state index contributed by atoms with van der Waals surface area (Å²) in [6.45, 7) is 2.48. The highest BCUT2D eigenvalue weighted by atomic mass is 35.5. The number of hydrogen-bond donors (Lipinski definition) is 2. The fourth-order valence-electron chi connectivity index (χ4n) is 2.25. The van der Waals surface area contributed by atoms with Gasteiger partial charge in [-0.3, -0.25) is 4.79 Å². The molecule has 0 fully saturated rings. The molecule has 1 unspecified atom stereocenters. The summed E-state index contributed by atoms with van der Waals surface area (Å²) >= 11 is 0. The van der Waals surface area contributed by atoms with E-state index < -0.39 is 0 Å². The molecule has 118 valence electrons. The number of carbonyl (C=O) groups excluding carboxylic acids is 1. The van der Waals surface area contributed by atoms with Gasteiger partial charge in [-0.1, -0.05) is 54.6 Å². The minimum atomic E-state index is -0.0913. The van der Waals surface area contributed by atoms with Gasteiger partial charge in [0.15, 0.2) is 0 Å². The summed E-state index contributed by atoms with van der Waals surface area (Å²) in [6, 6.07) is 18.6. The summed E-state index contributed by atoms with van der Waals surface area (Å²) in [4.78, 5) is 11.5. The number of benzene rings is 2. The molecule has 1 amide bonds. The molecule has 0 spiro atoms. The van der Waals surface area contributed by atoms with Crippen LogP contribution in [0.25, 0.3) is 11.1 Å². The second-order valence-electron chi connectivity index (χ2n) is 5.35. The minimum absolute atomic E-state index is 0. The van der Waals surface area contributed by atoms with Crippen LogP contribution in [-0.4, -0.2) is 18.5 Å². The number of carbonyl (C=O) groups is 1. The minimum Gasteiger partial charge on any atom is -0.356 e. The van der Waals surface area contributed by atoms with Gasteiger partial charge in [0.25, 0.3) is 0 Å². The number of nitrogens with one attached hydrogen (secondary N) is 1. The molecule has 2 aromatic carbocycles. The zero-order valence-corrected chi connectivity index (χ0v) is 13.6. The maximum absolute atomic E-state index is 11.5. The molecular formula is C18H23ClN2O. The maximum Gasteiger partial charge on any atom is 0.221 e. The van der Waals surface area contributed by atoms with E-state index in [1.54, 1.807) is 0 Å². The number of nitrogens with two attached hydrogens (primary N) is 1. The number of halogens is 1. The van der Waals surface area contributed by atoms with Crippen LogP contribution < -0.4 is 11.1 Å². The zero-order chi connectivity index (χ0) is 15.1. The molecule has 0 aliphatic rings. The van der Waals surface area contributed by atoms with Gasteiger partial charge >= 0.3 is 0 Å². The van der Waals surface area contributed by atoms with Gasteiger partial charge in [-0.15, -0.1) is 12.4 Å². The van der Waals surface area contributed by atoms with Crippen LogP contribution >= 0.6 is 12.4 Å². The van der Waals surface area contributed by atoms with Crippen molar-refractivity contribution in [2.75, 3.05) is 6.54 Å². The van der Waals surface area contributed by atoms with Crippen molar-refractivity contribution >= 4 is 18.3 Å². The highest BCUT2D eigenvalue weighted by Gasteiger charge is 2.04. The molecule has 0 saturated carbocycles. The molecule has 0 heterocycles. The highest BCUT2D eigenvalue weighted by molar-refractivity contribution is 5.85. The second kappa shape index (κ2) is 9.23. The van der Waals surface area contributed by atoms with Gasteiger partial charge in [0.1, 0.15) is 0 Å². The van der Waals surface area contributed by atoms with Crippen molar-refractivity contribution in [2.24, 2.45) is 5.73 Å². The normalized spacial score (nSPS) is 11.4. The monoisotopic (exact) mass is 318 g/mol. The summed E-state index contributed by atoms with van der Waals surface area (Å²) in [6.07, 6.45) is 1.20. The smallest absolute Gasteiger partial charge is 0.221 e. The van der Waals surface area contributed by atoms with Crippen LogP contribution in [0.15, 0.2) is 54.6 Å². The highest BCUT2D eigenvalue weighted by Crippen LogP contribution is 2.20. The lowest BCUT2D eigenvalue weighted by Crippen LogP contribution is -2.31. The Bertz CT molecular complexity index is 585. The zero-order valence-electron chi connectivity index (χ0n) is 12.8. The Morgan fingerprint density at radius 2 is 1.77 bits per heavy atom. The van der Waals surface area contributed by atoms with Crippen molar-refractivity contribution < 1.29 is 4.79 Å². The fourth-order valence-corrected chi connectivity index (χ4v) is 2.25. The fraction of sp³-hybridized carbons (Fsp3) is 0.278. The third-order valence-electron chi connectivity index (χ3n) is 3.28. The molecule has 2 rings (SSSR count). The molecule has 0 aliphatic heterocycles. The van der Waals surface area contributed by atoms with Crippen molar-refractivity contribution in [3.05, 3.63) is 60.2 Å². The Kier molecular flexibility index (Phi) is 7.64. The van der Waals surface area contributed by atoms with Crippen LogP contribution in [0.1, 0.15) is 18.9 Å². The lowest BCUT2D eigenvalue weighted by atomic mass is 10.0. The molecule has 4 heteroatoms. The predicted octanol–water partition coefficient (Wildman–Crippen LogP) is 3.17. The van der Waals surface area contributed by atoms with Crippen LogP contribution in [0.2, 0.25) is 0 Å². The van der Waals surface area contributed by atoms with Crippen molar-refractivity contribution in [1.29, 1.82) is 0 Å². The van der Waals surface area contributed by atoms with Gasteiger partial charge in [0.05, 0.1) is 0 Å². The van der Waals surface area contributed by atoms with Gasteiger partial charge in [0.2, 0.25) is 5.91 Å². The topological polar surface area (TPSA) is 55.1 Å². The van der Waals surface area contributed by atoms with Crippen molar-refractivity contribution in [1.82, 2.24) is 5.32 Å². The molecular weight excluding hydrogens is 296 g/mol. The third-order valence-corrected chi connectivity index (χ3v) is 3.28. The van der Waals surface area contributed by atoms with E-state index in [9.17, 15) is 4.79 Å². The molecule has 0 aliphatic carbocycles. The summed E-state index contributed by atoms with van der Waals surface area (Å²) in [7, 11) is 0. The van der Waals surface area contributed by atoms with Gasteiger partial charge < -0.3 is 11.1 Å². The molecule has 2 aromatic rings. The van der Waals surface area contributed by atoms with E-state index in [0.717, 1.165) is 6.42 Å². The average Bonchev–Trinajstić information content (AvgIpc) is 2.48. The summed E-state index contributed by atoms with van der Waals surface area (Å²) < 4.78 is 0. The number of rotatable bonds is 6. The van der Waals surface area contributed by atoms with E-state index in [1.165, 1.54) is 16.7 Å². The third kappa shape index (κ3) is 5.88. The Morgan fingerprint density at radius 3 is 2.45 bits per heavy atom. The first-order valence-corrected chi connectivity index (χ1v) is 7.32. The van der Waals surface area contributed by atoms with Crippen molar-refractivity contribution in [2.45, 2.75) is 25.8 Å². The molecule has 0 radical (unpaired) electrons. The molecule has 0 aromatic heterocycles. The summed E-state index contributed by atoms with van der Waals surface area (Å²) in [5.74, 6) is 0.0178. The van der Waals surface area contributed by atoms with E-state index >= 15 is 0 Å². The quantitative estimate of drug-likeness (QED) is 0.859. The van der Waals surface area contributed by atoms with Crippen molar-refractivity contribution in [3.63, 3.8) is 0 Å². The molecule has 1 atom stereocenters. The second-order valence-corrected chi connectivity index (χ2v) is 5.35. The van der Waals surface area contributed by atoms with Crippen molar-refractivity contribution in [3.8, 4) is 11.1 Å². The average molecular weight is 319 g/mol. The van der Waals surface area contributed by atoms with Gasteiger partial charge in [-0.2, -0.15) is 0 Å². The van der Waals surface area contributed by atoms with E-state index in [1.807, 2.05) is 25.1 Å². The molecule has 3 N–H and O–H groups in total. The van der Waals surface area contributed by atoms with Gasteiger partial charge in [-0.25, -0.2) is 0 Å². The first-order valence-electron chi connectivity index (χ1n) is 7.32. The number of hydrogen-bond acceptors (Lipinski definition) is 2. The molecule has 22 heavy (non-hydrogen) atoms. The molecule has 0 bridgehead atoms. The first kappa shape index (κ1) is 18.2. The first-order chi connectivity index (χ1) is 10.1. The van der Waals surface area contributed by atoms with Crippen LogP contribution in [0.4, 0.5) is 0 Å². The Morgan fingerprint density at radius 1 is 1.09 bits per heavy atom. The van der Waals surface area contributed by atoms with Crippen LogP contribution in [0, 0.1) is 0 Å². The van der Waals surface area contributed by atoms with Crippen LogP contribution in [-0.2, 0) is 11.2 Å². The lowest BCUT2D eigenvalue weighted by Gasteiger charge is -2.08. The lowest BCUT2D eigenvalue weighted by molar-refractivity contribution is -0.121. The van der Waals surface area contributed by atoms with E-state index in [-0.39, 0.29) is 24.4 Å². The number of amides is 1. The van der Waals surface area contributed by atoms with Crippen LogP contribution in [0.5, 0.6) is 0 Å². The maximum atomic E-state index is 11.5. The molecule has 0 saturated heterocycles. The van der Waals surface area contributed by atoms with E-state index in [2.05, 4.69) is 41.7 Å². The Labute approximate surface area is 138 Å².